The van der Waals surface area contributed by atoms with E-state index in [1.54, 1.807) is 0 Å². The van der Waals surface area contributed by atoms with Crippen LogP contribution in [0.3, 0.4) is 0 Å². The predicted octanol–water partition coefficient (Wildman–Crippen LogP) is 6.80. The van der Waals surface area contributed by atoms with Gasteiger partial charge in [0.15, 0.2) is 0 Å². The van der Waals surface area contributed by atoms with Crippen LogP contribution >= 0.6 is 7.82 Å². The highest BCUT2D eigenvalue weighted by molar-refractivity contribution is 7.47. The molecular formula is C26H53NO6P+. The van der Waals surface area contributed by atoms with Crippen molar-refractivity contribution in [1.29, 1.82) is 0 Å². The first-order valence-corrected chi connectivity index (χ1v) is 14.9. The molecule has 0 aliphatic carbocycles. The Labute approximate surface area is 209 Å². The summed E-state index contributed by atoms with van der Waals surface area (Å²) >= 11 is 0. The van der Waals surface area contributed by atoms with Gasteiger partial charge < -0.3 is 14.1 Å². The Hall–Kier alpha value is -0.720. The van der Waals surface area contributed by atoms with Crippen LogP contribution < -0.4 is 0 Å². The van der Waals surface area contributed by atoms with Gasteiger partial charge in [0.25, 0.3) is 0 Å². The van der Waals surface area contributed by atoms with Crippen LogP contribution in [0, 0.1) is 0 Å². The summed E-state index contributed by atoms with van der Waals surface area (Å²) in [5.74, 6) is -0.219. The maximum atomic E-state index is 11.8. The molecule has 0 aromatic carbocycles. The first-order valence-electron chi connectivity index (χ1n) is 13.4. The number of hydrogen-bond donors (Lipinski definition) is 1. The maximum Gasteiger partial charge on any atom is 0.472 e. The molecule has 0 fully saturated rings. The number of likely N-dealkylation sites (N-methyl/N-ethyl adjacent to an activating group) is 1. The summed E-state index contributed by atoms with van der Waals surface area (Å²) in [6.45, 7) is 3.19. The van der Waals surface area contributed by atoms with E-state index in [0.29, 0.717) is 23.9 Å². The number of esters is 1. The van der Waals surface area contributed by atoms with Crippen molar-refractivity contribution >= 4 is 13.8 Å². The summed E-state index contributed by atoms with van der Waals surface area (Å²) < 4.78 is 27.4. The van der Waals surface area contributed by atoms with Crippen molar-refractivity contribution in [3.05, 3.63) is 12.2 Å². The molecule has 0 radical (unpaired) electrons. The van der Waals surface area contributed by atoms with Gasteiger partial charge >= 0.3 is 13.8 Å². The van der Waals surface area contributed by atoms with Gasteiger partial charge in [-0.15, -0.1) is 0 Å². The fraction of sp³-hybridized carbons (Fsp3) is 0.885. The van der Waals surface area contributed by atoms with E-state index in [1.165, 1.54) is 57.8 Å². The average Bonchev–Trinajstić information content (AvgIpc) is 2.75. The molecule has 0 spiro atoms. The second-order valence-corrected chi connectivity index (χ2v) is 11.5. The molecule has 0 bridgehead atoms. The molecular weight excluding hydrogens is 453 g/mol. The summed E-state index contributed by atoms with van der Waals surface area (Å²) in [5, 5.41) is 0. The van der Waals surface area contributed by atoms with E-state index in [9.17, 15) is 14.3 Å². The second kappa shape index (κ2) is 21.6. The van der Waals surface area contributed by atoms with Crippen LogP contribution in [0.15, 0.2) is 12.2 Å². The lowest BCUT2D eigenvalue weighted by atomic mass is 10.1. The number of rotatable bonds is 24. The van der Waals surface area contributed by atoms with Crippen molar-refractivity contribution in [1.82, 2.24) is 0 Å². The zero-order valence-electron chi connectivity index (χ0n) is 22.5. The van der Waals surface area contributed by atoms with E-state index in [4.69, 9.17) is 13.8 Å². The number of carbonyl (C=O) groups excluding carboxylic acids is 1. The fourth-order valence-electron chi connectivity index (χ4n) is 3.30. The van der Waals surface area contributed by atoms with Crippen molar-refractivity contribution in [3.63, 3.8) is 0 Å². The van der Waals surface area contributed by atoms with Crippen molar-refractivity contribution in [2.75, 3.05) is 47.5 Å². The van der Waals surface area contributed by atoms with Gasteiger partial charge in [-0.3, -0.25) is 13.8 Å². The van der Waals surface area contributed by atoms with Crippen LogP contribution in [0.1, 0.15) is 103 Å². The molecule has 0 rings (SSSR count). The van der Waals surface area contributed by atoms with Gasteiger partial charge in [0.05, 0.1) is 34.4 Å². The van der Waals surface area contributed by atoms with E-state index < -0.39 is 7.82 Å². The Bertz CT molecular complexity index is 562. The molecule has 7 nitrogen and oxygen atoms in total. The van der Waals surface area contributed by atoms with Crippen LogP contribution in [-0.4, -0.2) is 62.9 Å². The number of nitrogens with zero attached hydrogens (tertiary/aromatic N) is 1. The van der Waals surface area contributed by atoms with E-state index in [2.05, 4.69) is 19.1 Å². The summed E-state index contributed by atoms with van der Waals surface area (Å²) in [7, 11) is 1.87. The number of ether oxygens (including phenoxy) is 1. The molecule has 202 valence electrons. The SMILES string of the molecule is CCCCCCCC/C=C\CCCCCCCC(=O)OCCCOP(=O)(O)OCC[N+](C)(C)C. The van der Waals surface area contributed by atoms with E-state index in [0.717, 1.165) is 25.7 Å². The molecule has 0 aromatic rings. The second-order valence-electron chi connectivity index (χ2n) is 10.1. The number of unbranched alkanes of at least 4 members (excludes halogenated alkanes) is 11. The van der Waals surface area contributed by atoms with Crippen LogP contribution in [0.4, 0.5) is 0 Å². The number of hydrogen-bond acceptors (Lipinski definition) is 5. The quantitative estimate of drug-likeness (QED) is 0.0510. The van der Waals surface area contributed by atoms with Gasteiger partial charge in [-0.1, -0.05) is 70.4 Å². The van der Waals surface area contributed by atoms with Crippen molar-refractivity contribution in [2.24, 2.45) is 0 Å². The Kier molecular flexibility index (Phi) is 21.1. The van der Waals surface area contributed by atoms with Gasteiger partial charge in [0.2, 0.25) is 0 Å². The number of phosphoric ester groups is 1. The Morgan fingerprint density at radius 2 is 1.29 bits per heavy atom. The summed E-state index contributed by atoms with van der Waals surface area (Å²) in [6, 6.07) is 0. The Morgan fingerprint density at radius 3 is 1.88 bits per heavy atom. The molecule has 0 heterocycles. The normalized spacial score (nSPS) is 13.9. The smallest absolute Gasteiger partial charge is 0.466 e. The third-order valence-corrected chi connectivity index (χ3v) is 6.48. The van der Waals surface area contributed by atoms with Crippen LogP contribution in [0.2, 0.25) is 0 Å². The number of allylic oxidation sites excluding steroid dienone is 2. The molecule has 0 saturated heterocycles. The van der Waals surface area contributed by atoms with Gasteiger partial charge in [0.1, 0.15) is 13.2 Å². The number of carbonyl (C=O) groups is 1. The zero-order chi connectivity index (χ0) is 25.5. The van der Waals surface area contributed by atoms with Gasteiger partial charge in [-0.05, 0) is 32.1 Å². The highest BCUT2D eigenvalue weighted by atomic mass is 31.2. The van der Waals surface area contributed by atoms with E-state index in [1.807, 2.05) is 21.1 Å². The molecule has 8 heteroatoms. The van der Waals surface area contributed by atoms with Gasteiger partial charge in [0, 0.05) is 12.8 Å². The van der Waals surface area contributed by atoms with Crippen LogP contribution in [0.25, 0.3) is 0 Å². The lowest BCUT2D eigenvalue weighted by molar-refractivity contribution is -0.870. The predicted molar refractivity (Wildman–Crippen MR) is 140 cm³/mol. The minimum Gasteiger partial charge on any atom is -0.466 e. The van der Waals surface area contributed by atoms with Crippen molar-refractivity contribution < 1.29 is 32.5 Å². The van der Waals surface area contributed by atoms with E-state index >= 15 is 0 Å². The molecule has 0 amide bonds. The molecule has 0 aliphatic heterocycles. The first-order chi connectivity index (χ1) is 16.2. The highest BCUT2D eigenvalue weighted by Gasteiger charge is 2.22. The fourth-order valence-corrected chi connectivity index (χ4v) is 4.05. The minimum atomic E-state index is -4.04. The van der Waals surface area contributed by atoms with Gasteiger partial charge in [-0.2, -0.15) is 0 Å². The molecule has 34 heavy (non-hydrogen) atoms. The van der Waals surface area contributed by atoms with Crippen LogP contribution in [0.5, 0.6) is 0 Å². The minimum absolute atomic E-state index is 0.0127. The molecule has 0 aromatic heterocycles. The molecule has 1 atom stereocenters. The Morgan fingerprint density at radius 1 is 0.765 bits per heavy atom. The lowest BCUT2D eigenvalue weighted by Crippen LogP contribution is -2.37. The third-order valence-electron chi connectivity index (χ3n) is 5.47. The molecule has 1 unspecified atom stereocenters. The van der Waals surface area contributed by atoms with Gasteiger partial charge in [-0.25, -0.2) is 4.57 Å². The molecule has 0 aliphatic rings. The number of quaternary nitrogens is 1. The van der Waals surface area contributed by atoms with Crippen molar-refractivity contribution in [3.8, 4) is 0 Å². The largest absolute Gasteiger partial charge is 0.472 e. The molecule has 0 saturated carbocycles. The lowest BCUT2D eigenvalue weighted by Gasteiger charge is -2.24. The third kappa shape index (κ3) is 25.9. The Balaban J connectivity index is 3.45. The first kappa shape index (κ1) is 33.3. The van der Waals surface area contributed by atoms with Crippen molar-refractivity contribution in [2.45, 2.75) is 103 Å². The number of phosphoric acid groups is 1. The highest BCUT2D eigenvalue weighted by Crippen LogP contribution is 2.43. The summed E-state index contributed by atoms with van der Waals surface area (Å²) in [5.41, 5.74) is 0. The standard InChI is InChI=1S/C26H52NO6P/c1-5-6-7-8-9-10-11-12-13-14-15-16-17-18-19-21-26(28)31-23-20-24-32-34(29,30)33-25-22-27(2,3)4/h12-13H,5-11,14-25H2,1-4H3/p+1/b13-12-. The zero-order valence-corrected chi connectivity index (χ0v) is 23.4. The average molecular weight is 507 g/mol. The van der Waals surface area contributed by atoms with E-state index in [-0.39, 0.29) is 25.8 Å². The summed E-state index contributed by atoms with van der Waals surface area (Å²) in [4.78, 5) is 21.4. The molecule has 1 N–H and O–H groups in total. The topological polar surface area (TPSA) is 82.1 Å². The summed E-state index contributed by atoms with van der Waals surface area (Å²) in [6.07, 6.45) is 21.4. The monoisotopic (exact) mass is 506 g/mol. The maximum absolute atomic E-state index is 11.8. The van der Waals surface area contributed by atoms with Crippen LogP contribution in [-0.2, 0) is 23.1 Å².